The number of nitrogens with one attached hydrogen (secondary N) is 1. The summed E-state index contributed by atoms with van der Waals surface area (Å²) in [6, 6.07) is 1.63. The first kappa shape index (κ1) is 10.7. The lowest BCUT2D eigenvalue weighted by Gasteiger charge is -2.30. The van der Waals surface area contributed by atoms with Crippen molar-refractivity contribution in [3.05, 3.63) is 33.7 Å². The fraction of sp³-hybridized carbons (Fsp3) is 0.455. The highest BCUT2D eigenvalue weighted by atomic mass is 16.2. The Labute approximate surface area is 93.7 Å². The number of hydrogen-bond donors (Lipinski definition) is 1. The van der Waals surface area contributed by atoms with Crippen LogP contribution in [0.25, 0.3) is 0 Å². The molecule has 16 heavy (non-hydrogen) atoms. The van der Waals surface area contributed by atoms with Gasteiger partial charge in [0.05, 0.1) is 0 Å². The minimum absolute atomic E-state index is 0.0110. The van der Waals surface area contributed by atoms with Gasteiger partial charge in [-0.2, -0.15) is 0 Å². The quantitative estimate of drug-likeness (QED) is 0.690. The lowest BCUT2D eigenvalue weighted by atomic mass is 10.0. The topological polar surface area (TPSA) is 56.4 Å². The molecule has 0 unspecified atom stereocenters. The second-order valence-corrected chi connectivity index (χ2v) is 4.20. The fourth-order valence-electron chi connectivity index (χ4n) is 1.91. The number of carbonyl (C=O) groups is 1. The van der Waals surface area contributed by atoms with Gasteiger partial charge in [0, 0.05) is 39.4 Å². The van der Waals surface area contributed by atoms with Gasteiger partial charge in [0.15, 0.2) is 0 Å². The molecule has 0 aliphatic carbocycles. The molecule has 86 valence electrons. The lowest BCUT2D eigenvalue weighted by molar-refractivity contribution is 0.165. The van der Waals surface area contributed by atoms with Gasteiger partial charge < -0.3 is 14.8 Å². The van der Waals surface area contributed by atoms with E-state index in [1.54, 1.807) is 36.2 Å². The van der Waals surface area contributed by atoms with Crippen LogP contribution < -0.4 is 5.56 Å². The van der Waals surface area contributed by atoms with Crippen LogP contribution in [-0.4, -0.2) is 41.5 Å². The first-order valence-electron chi connectivity index (χ1n) is 5.24. The molecule has 1 aromatic heterocycles. The Morgan fingerprint density at radius 3 is 2.88 bits per heavy atom. The third-order valence-corrected chi connectivity index (χ3v) is 2.77. The number of rotatable bonds is 0. The maximum Gasteiger partial charge on any atom is 0.319 e. The molecule has 0 saturated carbocycles. The smallest absolute Gasteiger partial charge is 0.319 e. The number of aromatic amines is 1. The van der Waals surface area contributed by atoms with Gasteiger partial charge in [-0.3, -0.25) is 4.79 Å². The third-order valence-electron chi connectivity index (χ3n) is 2.77. The van der Waals surface area contributed by atoms with E-state index in [-0.39, 0.29) is 11.6 Å². The van der Waals surface area contributed by atoms with E-state index in [4.69, 9.17) is 0 Å². The minimum atomic E-state index is -0.0777. The average Bonchev–Trinajstić information content (AvgIpc) is 2.27. The summed E-state index contributed by atoms with van der Waals surface area (Å²) in [5.74, 6) is 0. The Balaban J connectivity index is 2.21. The van der Waals surface area contributed by atoms with Crippen molar-refractivity contribution in [3.63, 3.8) is 0 Å². The Morgan fingerprint density at radius 1 is 1.44 bits per heavy atom. The molecule has 1 aliphatic rings. The van der Waals surface area contributed by atoms with Gasteiger partial charge in [-0.1, -0.05) is 0 Å². The van der Waals surface area contributed by atoms with E-state index < -0.39 is 0 Å². The van der Waals surface area contributed by atoms with Crippen molar-refractivity contribution < 1.29 is 4.79 Å². The molecular weight excluding hydrogens is 206 g/mol. The van der Waals surface area contributed by atoms with Crippen LogP contribution in [0.4, 0.5) is 4.79 Å². The maximum atomic E-state index is 11.8. The van der Waals surface area contributed by atoms with E-state index in [0.29, 0.717) is 13.1 Å². The molecule has 0 bridgehead atoms. The number of nitrogens with zero attached hydrogens (tertiary/aromatic N) is 2. The summed E-state index contributed by atoms with van der Waals surface area (Å²) in [5, 5.41) is 0. The molecule has 1 aliphatic heterocycles. The number of H-pyrrole nitrogens is 1. The van der Waals surface area contributed by atoms with Crippen molar-refractivity contribution in [1.29, 1.82) is 0 Å². The van der Waals surface area contributed by atoms with E-state index in [0.717, 1.165) is 17.5 Å². The molecule has 2 rings (SSSR count). The summed E-state index contributed by atoms with van der Waals surface area (Å²) in [5.41, 5.74) is 2.00. The van der Waals surface area contributed by atoms with Crippen molar-refractivity contribution in [2.24, 2.45) is 0 Å². The predicted molar refractivity (Wildman–Crippen MR) is 60.3 cm³/mol. The van der Waals surface area contributed by atoms with E-state index >= 15 is 0 Å². The standard InChI is InChI=1S/C11H15N3O2/c1-13(2)11(16)14-4-3-8-5-10(15)12-6-9(8)7-14/h5-6H,3-4,7H2,1-2H3,(H,12,15). The molecule has 0 aromatic carbocycles. The molecular formula is C11H15N3O2. The molecule has 2 amide bonds. The van der Waals surface area contributed by atoms with Crippen LogP contribution in [0.3, 0.4) is 0 Å². The number of fused-ring (bicyclic) bond motifs is 1. The summed E-state index contributed by atoms with van der Waals surface area (Å²) >= 11 is 0. The zero-order valence-corrected chi connectivity index (χ0v) is 9.49. The number of carbonyl (C=O) groups excluding carboxylic acids is 1. The van der Waals surface area contributed by atoms with Gasteiger partial charge in [0.1, 0.15) is 0 Å². The van der Waals surface area contributed by atoms with Crippen molar-refractivity contribution in [2.75, 3.05) is 20.6 Å². The molecule has 0 radical (unpaired) electrons. The Morgan fingerprint density at radius 2 is 2.19 bits per heavy atom. The summed E-state index contributed by atoms with van der Waals surface area (Å²) in [6.07, 6.45) is 2.45. The van der Waals surface area contributed by atoms with Crippen molar-refractivity contribution in [1.82, 2.24) is 14.8 Å². The molecule has 1 aromatic rings. The van der Waals surface area contributed by atoms with E-state index in [1.165, 1.54) is 0 Å². The molecule has 0 spiro atoms. The monoisotopic (exact) mass is 221 g/mol. The number of aromatic nitrogens is 1. The number of urea groups is 1. The third kappa shape index (κ3) is 1.93. The second-order valence-electron chi connectivity index (χ2n) is 4.20. The second kappa shape index (κ2) is 4.00. The largest absolute Gasteiger partial charge is 0.331 e. The van der Waals surface area contributed by atoms with Crippen LogP contribution >= 0.6 is 0 Å². The SMILES string of the molecule is CN(C)C(=O)N1CCc2cc(=O)[nH]cc2C1. The van der Waals surface area contributed by atoms with Gasteiger partial charge in [0.25, 0.3) is 0 Å². The van der Waals surface area contributed by atoms with E-state index in [9.17, 15) is 9.59 Å². The predicted octanol–water partition coefficient (Wildman–Crippen LogP) is 0.415. The molecule has 1 N–H and O–H groups in total. The van der Waals surface area contributed by atoms with Gasteiger partial charge in [-0.15, -0.1) is 0 Å². The van der Waals surface area contributed by atoms with Crippen molar-refractivity contribution >= 4 is 6.03 Å². The Kier molecular flexibility index (Phi) is 2.68. The van der Waals surface area contributed by atoms with E-state index in [2.05, 4.69) is 4.98 Å². The zero-order valence-electron chi connectivity index (χ0n) is 9.49. The number of amides is 2. The summed E-state index contributed by atoms with van der Waals surface area (Å²) in [6.45, 7) is 1.25. The number of pyridine rings is 1. The highest BCUT2D eigenvalue weighted by molar-refractivity contribution is 5.74. The van der Waals surface area contributed by atoms with Gasteiger partial charge in [-0.05, 0) is 17.5 Å². The summed E-state index contributed by atoms with van der Waals surface area (Å²) in [4.78, 5) is 28.9. The molecule has 5 heteroatoms. The zero-order chi connectivity index (χ0) is 11.7. The van der Waals surface area contributed by atoms with Crippen LogP contribution in [0.2, 0.25) is 0 Å². The van der Waals surface area contributed by atoms with Crippen molar-refractivity contribution in [2.45, 2.75) is 13.0 Å². The van der Waals surface area contributed by atoms with Crippen LogP contribution in [0, 0.1) is 0 Å². The lowest BCUT2D eigenvalue weighted by Crippen LogP contribution is -2.42. The van der Waals surface area contributed by atoms with Crippen LogP contribution in [0.5, 0.6) is 0 Å². The fourth-order valence-corrected chi connectivity index (χ4v) is 1.91. The first-order chi connectivity index (χ1) is 7.58. The minimum Gasteiger partial charge on any atom is -0.331 e. The average molecular weight is 221 g/mol. The van der Waals surface area contributed by atoms with Crippen LogP contribution in [0.1, 0.15) is 11.1 Å². The van der Waals surface area contributed by atoms with Gasteiger partial charge >= 0.3 is 6.03 Å². The summed E-state index contributed by atoms with van der Waals surface area (Å²) in [7, 11) is 3.48. The Bertz CT molecular complexity index is 465. The Hall–Kier alpha value is -1.78. The van der Waals surface area contributed by atoms with Crippen LogP contribution in [0.15, 0.2) is 17.1 Å². The summed E-state index contributed by atoms with van der Waals surface area (Å²) < 4.78 is 0. The van der Waals surface area contributed by atoms with Crippen molar-refractivity contribution in [3.8, 4) is 0 Å². The van der Waals surface area contributed by atoms with Gasteiger partial charge in [-0.25, -0.2) is 4.79 Å². The highest BCUT2D eigenvalue weighted by Crippen LogP contribution is 2.16. The molecule has 5 nitrogen and oxygen atoms in total. The van der Waals surface area contributed by atoms with Crippen LogP contribution in [-0.2, 0) is 13.0 Å². The molecule has 0 atom stereocenters. The number of hydrogen-bond acceptors (Lipinski definition) is 2. The maximum absolute atomic E-state index is 11.8. The first-order valence-corrected chi connectivity index (χ1v) is 5.24. The molecule has 0 fully saturated rings. The molecule has 0 saturated heterocycles. The van der Waals surface area contributed by atoms with E-state index in [1.807, 2.05) is 0 Å². The highest BCUT2D eigenvalue weighted by Gasteiger charge is 2.21. The van der Waals surface area contributed by atoms with Gasteiger partial charge in [0.2, 0.25) is 5.56 Å². The molecule has 2 heterocycles. The normalized spacial score (nSPS) is 14.5.